The number of hydrogen-bond acceptors (Lipinski definition) is 2. The SMILES string of the molecule is C.O=P1(O)Oc2ccccc2-c2ccccc21. The summed E-state index contributed by atoms with van der Waals surface area (Å²) >= 11 is 0. The molecule has 3 rings (SSSR count). The average Bonchev–Trinajstić information content (AvgIpc) is 2.29. The second kappa shape index (κ2) is 4.02. The lowest BCUT2D eigenvalue weighted by Gasteiger charge is -2.24. The highest BCUT2D eigenvalue weighted by atomic mass is 31.2. The van der Waals surface area contributed by atoms with Gasteiger partial charge in [0.2, 0.25) is 0 Å². The fourth-order valence-corrected chi connectivity index (χ4v) is 3.20. The van der Waals surface area contributed by atoms with Crippen LogP contribution in [0.4, 0.5) is 0 Å². The zero-order chi connectivity index (χ0) is 11.2. The normalized spacial score (nSPS) is 20.5. The van der Waals surface area contributed by atoms with Crippen LogP contribution in [0.15, 0.2) is 48.5 Å². The van der Waals surface area contributed by atoms with Crippen molar-refractivity contribution in [1.29, 1.82) is 0 Å². The zero-order valence-electron chi connectivity index (χ0n) is 8.33. The molecular weight excluding hydrogens is 235 g/mol. The largest absolute Gasteiger partial charge is 0.421 e. The summed E-state index contributed by atoms with van der Waals surface area (Å²) in [6, 6.07) is 14.3. The Balaban J connectivity index is 0.00000108. The molecule has 0 fully saturated rings. The maximum atomic E-state index is 12.0. The first-order valence-corrected chi connectivity index (χ1v) is 6.48. The van der Waals surface area contributed by atoms with Crippen LogP contribution in [0.3, 0.4) is 0 Å². The van der Waals surface area contributed by atoms with Crippen LogP contribution >= 0.6 is 7.60 Å². The van der Waals surface area contributed by atoms with E-state index in [0.29, 0.717) is 11.1 Å². The first kappa shape index (κ1) is 11.9. The molecule has 0 amide bonds. The molecule has 0 saturated heterocycles. The van der Waals surface area contributed by atoms with Gasteiger partial charge in [0, 0.05) is 11.1 Å². The summed E-state index contributed by atoms with van der Waals surface area (Å²) in [7, 11) is -3.71. The molecule has 0 spiro atoms. The van der Waals surface area contributed by atoms with Gasteiger partial charge in [0.1, 0.15) is 5.75 Å². The Bertz CT molecular complexity index is 607. The molecule has 17 heavy (non-hydrogen) atoms. The van der Waals surface area contributed by atoms with Gasteiger partial charge in [0.25, 0.3) is 0 Å². The lowest BCUT2D eigenvalue weighted by atomic mass is 10.0. The summed E-state index contributed by atoms with van der Waals surface area (Å²) in [6.45, 7) is 0. The fourth-order valence-electron chi connectivity index (χ4n) is 1.90. The van der Waals surface area contributed by atoms with E-state index in [4.69, 9.17) is 4.52 Å². The average molecular weight is 248 g/mol. The number of fused-ring (bicyclic) bond motifs is 3. The van der Waals surface area contributed by atoms with Crippen molar-refractivity contribution in [3.63, 3.8) is 0 Å². The molecule has 1 aliphatic rings. The summed E-state index contributed by atoms with van der Waals surface area (Å²) < 4.78 is 17.1. The van der Waals surface area contributed by atoms with Gasteiger partial charge in [-0.15, -0.1) is 0 Å². The standard InChI is InChI=1S/C12H9O3P.CH4/c13-16(14)12-8-4-2-6-10(12)9-5-1-3-7-11(9)15-16;/h1-8H,(H,13,14);1H4. The highest BCUT2D eigenvalue weighted by Gasteiger charge is 2.33. The van der Waals surface area contributed by atoms with E-state index >= 15 is 0 Å². The van der Waals surface area contributed by atoms with E-state index in [1.165, 1.54) is 0 Å². The Morgan fingerprint density at radius 3 is 2.29 bits per heavy atom. The van der Waals surface area contributed by atoms with Crippen molar-refractivity contribution in [2.24, 2.45) is 0 Å². The Labute approximate surface area is 100 Å². The van der Waals surface area contributed by atoms with E-state index in [0.717, 1.165) is 11.1 Å². The Morgan fingerprint density at radius 1 is 0.941 bits per heavy atom. The van der Waals surface area contributed by atoms with Crippen LogP contribution in [0.25, 0.3) is 11.1 Å². The van der Waals surface area contributed by atoms with Crippen molar-refractivity contribution >= 4 is 12.9 Å². The number of rotatable bonds is 0. The molecule has 2 aromatic carbocycles. The highest BCUT2D eigenvalue weighted by Crippen LogP contribution is 2.51. The van der Waals surface area contributed by atoms with Crippen LogP contribution in [0, 0.1) is 0 Å². The minimum Gasteiger partial charge on any atom is -0.421 e. The van der Waals surface area contributed by atoms with Crippen LogP contribution in [0.1, 0.15) is 7.43 Å². The van der Waals surface area contributed by atoms with Gasteiger partial charge >= 0.3 is 7.60 Å². The lowest BCUT2D eigenvalue weighted by Crippen LogP contribution is -2.16. The maximum Gasteiger partial charge on any atom is 0.408 e. The van der Waals surface area contributed by atoms with E-state index in [9.17, 15) is 9.46 Å². The van der Waals surface area contributed by atoms with E-state index in [2.05, 4.69) is 0 Å². The van der Waals surface area contributed by atoms with Crippen molar-refractivity contribution in [2.75, 3.05) is 0 Å². The Hall–Kier alpha value is -1.57. The van der Waals surface area contributed by atoms with Gasteiger partial charge in [0.15, 0.2) is 0 Å². The molecule has 2 aromatic rings. The molecule has 1 unspecified atom stereocenters. The van der Waals surface area contributed by atoms with Crippen LogP contribution in [0.2, 0.25) is 0 Å². The van der Waals surface area contributed by atoms with Crippen molar-refractivity contribution < 1.29 is 14.0 Å². The quantitative estimate of drug-likeness (QED) is 0.728. The molecule has 0 aromatic heterocycles. The van der Waals surface area contributed by atoms with Crippen molar-refractivity contribution in [2.45, 2.75) is 7.43 Å². The van der Waals surface area contributed by atoms with Crippen molar-refractivity contribution in [3.8, 4) is 16.9 Å². The molecule has 0 aliphatic carbocycles. The van der Waals surface area contributed by atoms with Gasteiger partial charge < -0.3 is 9.42 Å². The van der Waals surface area contributed by atoms with Gasteiger partial charge in [-0.05, 0) is 12.1 Å². The lowest BCUT2D eigenvalue weighted by molar-refractivity contribution is 0.392. The highest BCUT2D eigenvalue weighted by molar-refractivity contribution is 7.62. The number of para-hydroxylation sites is 1. The topological polar surface area (TPSA) is 46.5 Å². The molecule has 0 bridgehead atoms. The first-order chi connectivity index (χ1) is 7.68. The summed E-state index contributed by atoms with van der Waals surface area (Å²) in [6.07, 6.45) is 0. The van der Waals surface area contributed by atoms with Crippen molar-refractivity contribution in [3.05, 3.63) is 48.5 Å². The molecule has 0 radical (unpaired) electrons. The van der Waals surface area contributed by atoms with Gasteiger partial charge in [-0.2, -0.15) is 0 Å². The summed E-state index contributed by atoms with van der Waals surface area (Å²) in [4.78, 5) is 9.81. The zero-order valence-corrected chi connectivity index (χ0v) is 9.22. The molecular formula is C13H13O3P. The smallest absolute Gasteiger partial charge is 0.408 e. The molecule has 0 saturated carbocycles. The first-order valence-electron chi connectivity index (χ1n) is 4.90. The minimum absolute atomic E-state index is 0. The van der Waals surface area contributed by atoms with E-state index < -0.39 is 7.60 Å². The van der Waals surface area contributed by atoms with E-state index in [1.807, 2.05) is 24.3 Å². The molecule has 1 heterocycles. The molecule has 3 nitrogen and oxygen atoms in total. The van der Waals surface area contributed by atoms with E-state index in [1.54, 1.807) is 24.3 Å². The van der Waals surface area contributed by atoms with Crippen LogP contribution in [-0.2, 0) is 4.57 Å². The van der Waals surface area contributed by atoms with Gasteiger partial charge in [0.05, 0.1) is 5.30 Å². The van der Waals surface area contributed by atoms with Crippen LogP contribution in [0.5, 0.6) is 5.75 Å². The third-order valence-electron chi connectivity index (χ3n) is 2.61. The number of hydrogen-bond donors (Lipinski definition) is 1. The second-order valence-corrected chi connectivity index (χ2v) is 5.33. The molecule has 1 N–H and O–H groups in total. The third kappa shape index (κ3) is 1.78. The Kier molecular flexibility index (Phi) is 2.82. The van der Waals surface area contributed by atoms with Gasteiger partial charge in [-0.1, -0.05) is 43.8 Å². The maximum absolute atomic E-state index is 12.0. The predicted octanol–water partition coefficient (Wildman–Crippen LogP) is 3.19. The fraction of sp³-hybridized carbons (Fsp3) is 0.0769. The molecule has 1 aliphatic heterocycles. The van der Waals surface area contributed by atoms with Crippen molar-refractivity contribution in [1.82, 2.24) is 0 Å². The van der Waals surface area contributed by atoms with Crippen LogP contribution in [-0.4, -0.2) is 4.89 Å². The monoisotopic (exact) mass is 248 g/mol. The Morgan fingerprint density at radius 2 is 1.53 bits per heavy atom. The van der Waals surface area contributed by atoms with Gasteiger partial charge in [-0.25, -0.2) is 4.57 Å². The molecule has 88 valence electrons. The predicted molar refractivity (Wildman–Crippen MR) is 68.7 cm³/mol. The summed E-state index contributed by atoms with van der Waals surface area (Å²) in [5.74, 6) is 0.465. The van der Waals surface area contributed by atoms with Gasteiger partial charge in [-0.3, -0.25) is 0 Å². The molecule has 4 heteroatoms. The summed E-state index contributed by atoms with van der Waals surface area (Å²) in [5, 5.41) is 0.369. The molecule has 1 atom stereocenters. The van der Waals surface area contributed by atoms with Crippen LogP contribution < -0.4 is 9.83 Å². The second-order valence-electron chi connectivity index (χ2n) is 3.63. The number of benzene rings is 2. The third-order valence-corrected chi connectivity index (χ3v) is 4.05. The van der Waals surface area contributed by atoms with E-state index in [-0.39, 0.29) is 7.43 Å². The summed E-state index contributed by atoms with van der Waals surface area (Å²) in [5.41, 5.74) is 1.63. The minimum atomic E-state index is -3.71.